The lowest BCUT2D eigenvalue weighted by atomic mass is 9.80. The van der Waals surface area contributed by atoms with Crippen LogP contribution in [0, 0.1) is 23.7 Å². The van der Waals surface area contributed by atoms with E-state index in [2.05, 4.69) is 10.6 Å². The minimum absolute atomic E-state index is 0.0424. The van der Waals surface area contributed by atoms with Gasteiger partial charge in [-0.2, -0.15) is 0 Å². The summed E-state index contributed by atoms with van der Waals surface area (Å²) in [4.78, 5) is 76.3. The summed E-state index contributed by atoms with van der Waals surface area (Å²) in [6.45, 7) is 12.3. The minimum Gasteiger partial charge on any atom is -0.545 e. The van der Waals surface area contributed by atoms with E-state index in [9.17, 15) is 39.0 Å². The predicted octanol–water partition coefficient (Wildman–Crippen LogP) is 4.30. The maximum absolute atomic E-state index is 13.9. The van der Waals surface area contributed by atoms with Crippen LogP contribution < -0.4 is 15.7 Å². The second-order valence-electron chi connectivity index (χ2n) is 13.5. The molecule has 2 bridgehead atoms. The summed E-state index contributed by atoms with van der Waals surface area (Å²) in [7, 11) is 0. The van der Waals surface area contributed by atoms with Crippen LogP contribution >= 0.6 is 0 Å². The number of anilines is 1. The molecule has 50 heavy (non-hydrogen) atoms. The van der Waals surface area contributed by atoms with Crippen molar-refractivity contribution in [2.75, 3.05) is 5.32 Å². The number of aliphatic hydroxyl groups excluding tert-OH is 1. The van der Waals surface area contributed by atoms with Crippen molar-refractivity contribution < 1.29 is 43.7 Å². The average molecular weight is 688 g/mol. The third kappa shape index (κ3) is 10.8. The summed E-state index contributed by atoms with van der Waals surface area (Å²) in [5.74, 6) is -4.78. The third-order valence-corrected chi connectivity index (χ3v) is 9.02. The molecular weight excluding hydrogens is 640 g/mol. The number of carboxylic acid groups (broad SMARTS) is 1. The first kappa shape index (κ1) is 39.5. The second-order valence-corrected chi connectivity index (χ2v) is 13.5. The number of benzene rings is 1. The second kappa shape index (κ2) is 17.7. The lowest BCUT2D eigenvalue weighted by Gasteiger charge is -2.28. The molecule has 0 radical (unpaired) electrons. The topological polar surface area (TPSA) is 179 Å². The third-order valence-electron chi connectivity index (χ3n) is 9.02. The van der Waals surface area contributed by atoms with Gasteiger partial charge in [0.25, 0.3) is 5.91 Å². The Bertz CT molecular complexity index is 1660. The largest absolute Gasteiger partial charge is 0.545 e. The zero-order chi connectivity index (χ0) is 37.3. The first-order chi connectivity index (χ1) is 23.5. The summed E-state index contributed by atoms with van der Waals surface area (Å²) in [5, 5.41) is 27.6. The standard InChI is InChI=1S/C39H48N2O9/c1-21-17-24(4)35(45)25(5)19-26(6)37(50-27(7)42)22(2)9-8-10-23(3)38(47)41-32-20-33(43)30(31(18-21)36(32)46)15-16-34(44)40-29-13-11-28(12-14-29)39(48)49/h8-14,19-22,24-25,35,37,45H,15-18H2,1-7H3,(H,40,44)(H,41,47)(H,48,49)/p-1/b9-8-,23-10+,26-19+/t21-,22-,24-,25-,35-,37+/m0/s1. The highest BCUT2D eigenvalue weighted by Crippen LogP contribution is 2.32. The molecule has 1 aromatic carbocycles. The van der Waals surface area contributed by atoms with Gasteiger partial charge in [-0.1, -0.05) is 64.1 Å². The van der Waals surface area contributed by atoms with Crippen LogP contribution in [0.3, 0.4) is 0 Å². The van der Waals surface area contributed by atoms with Crippen LogP contribution in [-0.4, -0.2) is 52.6 Å². The van der Waals surface area contributed by atoms with E-state index < -0.39 is 47.5 Å². The molecule has 3 rings (SSSR count). The highest BCUT2D eigenvalue weighted by atomic mass is 16.5. The molecule has 3 N–H and O–H groups in total. The lowest BCUT2D eigenvalue weighted by molar-refractivity contribution is -0.255. The van der Waals surface area contributed by atoms with Gasteiger partial charge in [0.05, 0.1) is 17.8 Å². The van der Waals surface area contributed by atoms with Crippen molar-refractivity contribution in [1.82, 2.24) is 5.32 Å². The van der Waals surface area contributed by atoms with Crippen LogP contribution in [0.5, 0.6) is 0 Å². The smallest absolute Gasteiger partial charge is 0.303 e. The Morgan fingerprint density at radius 3 is 2.30 bits per heavy atom. The number of fused-ring (bicyclic) bond motifs is 2. The van der Waals surface area contributed by atoms with Gasteiger partial charge in [-0.15, -0.1) is 0 Å². The first-order valence-electron chi connectivity index (χ1n) is 16.8. The zero-order valence-electron chi connectivity index (χ0n) is 29.7. The van der Waals surface area contributed by atoms with Crippen molar-refractivity contribution in [3.8, 4) is 0 Å². The summed E-state index contributed by atoms with van der Waals surface area (Å²) in [5.41, 5.74) is 1.57. The number of nitrogens with one attached hydrogen (secondary N) is 2. The van der Waals surface area contributed by atoms with Gasteiger partial charge in [-0.25, -0.2) is 0 Å². The Labute approximate surface area is 293 Å². The van der Waals surface area contributed by atoms with E-state index in [1.54, 1.807) is 25.2 Å². The number of aromatic carboxylic acids is 1. The molecule has 0 saturated heterocycles. The van der Waals surface area contributed by atoms with Gasteiger partial charge in [0.15, 0.2) is 5.78 Å². The summed E-state index contributed by atoms with van der Waals surface area (Å²) in [6.07, 6.45) is 7.13. The molecule has 0 unspecified atom stereocenters. The van der Waals surface area contributed by atoms with Gasteiger partial charge in [0, 0.05) is 53.7 Å². The number of carbonyl (C=O) groups is 6. The van der Waals surface area contributed by atoms with E-state index in [1.165, 1.54) is 31.2 Å². The van der Waals surface area contributed by atoms with Crippen LogP contribution in [0.1, 0.15) is 84.5 Å². The quantitative estimate of drug-likeness (QED) is 0.223. The Morgan fingerprint density at radius 1 is 1.02 bits per heavy atom. The summed E-state index contributed by atoms with van der Waals surface area (Å²) >= 11 is 0. The molecule has 0 spiro atoms. The monoisotopic (exact) mass is 687 g/mol. The lowest BCUT2D eigenvalue weighted by Crippen LogP contribution is -2.33. The fourth-order valence-corrected chi connectivity index (χ4v) is 6.37. The van der Waals surface area contributed by atoms with E-state index >= 15 is 0 Å². The molecule has 1 aromatic rings. The van der Waals surface area contributed by atoms with Crippen LogP contribution in [-0.2, 0) is 28.7 Å². The molecule has 268 valence electrons. The van der Waals surface area contributed by atoms with Crippen LogP contribution in [0.4, 0.5) is 5.69 Å². The Hall–Kier alpha value is -4.90. The predicted molar refractivity (Wildman–Crippen MR) is 186 cm³/mol. The number of rotatable bonds is 6. The molecule has 11 nitrogen and oxygen atoms in total. The van der Waals surface area contributed by atoms with Crippen molar-refractivity contribution >= 4 is 41.0 Å². The number of Topliss-reactive ketones (excluding diaryl/α,β-unsaturated/α-hetero) is 1. The molecule has 1 aliphatic carbocycles. The van der Waals surface area contributed by atoms with Crippen LogP contribution in [0.25, 0.3) is 0 Å². The first-order valence-corrected chi connectivity index (χ1v) is 16.8. The summed E-state index contributed by atoms with van der Waals surface area (Å²) in [6, 6.07) is 5.44. The van der Waals surface area contributed by atoms with Crippen molar-refractivity contribution in [3.05, 3.63) is 88.2 Å². The number of amides is 2. The van der Waals surface area contributed by atoms with E-state index in [4.69, 9.17) is 4.74 Å². The van der Waals surface area contributed by atoms with Crippen molar-refractivity contribution in [2.45, 2.75) is 86.4 Å². The van der Waals surface area contributed by atoms with Gasteiger partial charge in [0.2, 0.25) is 11.7 Å². The number of ether oxygens (including phenoxy) is 1. The number of ketones is 2. The van der Waals surface area contributed by atoms with Crippen LogP contribution in [0.2, 0.25) is 0 Å². The van der Waals surface area contributed by atoms with E-state index in [-0.39, 0.29) is 70.9 Å². The number of carbonyl (C=O) groups excluding carboxylic acids is 6. The molecular formula is C39H47N2O9-. The number of carboxylic acids is 1. The molecule has 11 heteroatoms. The minimum atomic E-state index is -1.34. The van der Waals surface area contributed by atoms with Crippen molar-refractivity contribution in [2.24, 2.45) is 23.7 Å². The molecule has 1 heterocycles. The highest BCUT2D eigenvalue weighted by Gasteiger charge is 2.32. The number of esters is 1. The molecule has 6 atom stereocenters. The van der Waals surface area contributed by atoms with Gasteiger partial charge >= 0.3 is 5.97 Å². The number of aliphatic hydroxyl groups is 1. The van der Waals surface area contributed by atoms with Crippen molar-refractivity contribution in [1.29, 1.82) is 0 Å². The fourth-order valence-electron chi connectivity index (χ4n) is 6.37. The Kier molecular flexibility index (Phi) is 14.0. The van der Waals surface area contributed by atoms with Gasteiger partial charge in [-0.3, -0.25) is 24.0 Å². The van der Waals surface area contributed by atoms with Gasteiger partial charge in [-0.05, 0) is 68.2 Å². The zero-order valence-corrected chi connectivity index (χ0v) is 29.7. The highest BCUT2D eigenvalue weighted by molar-refractivity contribution is 6.24. The molecule has 0 fully saturated rings. The van der Waals surface area contributed by atoms with Crippen LogP contribution in [0.15, 0.2) is 82.6 Å². The SMILES string of the molecule is CC(=O)O[C@H]1/C(C)=C/[C@H](C)[C@@H](O)[C@@H](C)C[C@H](C)CC2=C(CCC(=O)Nc3ccc(C(=O)[O-])cc3)C(=O)C=C(NC(=O)/C(C)=C/C=C\[C@@H]1C)C2=O. The normalized spacial score (nSPS) is 28.3. The summed E-state index contributed by atoms with van der Waals surface area (Å²) < 4.78 is 5.64. The van der Waals surface area contributed by atoms with E-state index in [0.29, 0.717) is 12.1 Å². The van der Waals surface area contributed by atoms with Gasteiger partial charge < -0.3 is 30.4 Å². The Morgan fingerprint density at radius 2 is 1.68 bits per heavy atom. The Balaban J connectivity index is 1.94. The number of hydrogen-bond donors (Lipinski definition) is 3. The molecule has 0 aromatic heterocycles. The van der Waals surface area contributed by atoms with E-state index in [1.807, 2.05) is 40.7 Å². The van der Waals surface area contributed by atoms with Crippen molar-refractivity contribution in [3.63, 3.8) is 0 Å². The maximum atomic E-state index is 13.9. The maximum Gasteiger partial charge on any atom is 0.303 e. The molecule has 1 aliphatic heterocycles. The molecule has 2 amide bonds. The van der Waals surface area contributed by atoms with Gasteiger partial charge in [0.1, 0.15) is 6.10 Å². The molecule has 2 aliphatic rings. The fraction of sp³-hybridized carbons (Fsp3) is 0.436. The van der Waals surface area contributed by atoms with E-state index in [0.717, 1.165) is 11.6 Å². The number of allylic oxidation sites excluding steroid dienone is 5. The average Bonchev–Trinajstić information content (AvgIpc) is 3.04. The number of hydrogen-bond acceptors (Lipinski definition) is 9. The molecule has 0 saturated carbocycles.